The third kappa shape index (κ3) is 4.94. The van der Waals surface area contributed by atoms with Crippen LogP contribution in [0.5, 0.6) is 0 Å². The molecule has 1 heterocycles. The van der Waals surface area contributed by atoms with E-state index in [0.29, 0.717) is 0 Å². The fraction of sp³-hybridized carbons (Fsp3) is 0.750. The molecule has 3 nitrogen and oxygen atoms in total. The summed E-state index contributed by atoms with van der Waals surface area (Å²) in [5.74, 6) is 0.779. The number of rotatable bonds is 7. The van der Waals surface area contributed by atoms with Crippen LogP contribution in [-0.4, -0.2) is 30.0 Å². The summed E-state index contributed by atoms with van der Waals surface area (Å²) < 4.78 is 0. The highest BCUT2D eigenvalue weighted by molar-refractivity contribution is 7.15. The molecule has 1 aromatic rings. The van der Waals surface area contributed by atoms with E-state index in [2.05, 4.69) is 43.0 Å². The molecule has 0 atom stereocenters. The van der Waals surface area contributed by atoms with Gasteiger partial charge in [0.25, 0.3) is 0 Å². The molecule has 0 saturated heterocycles. The van der Waals surface area contributed by atoms with Crippen molar-refractivity contribution >= 4 is 16.5 Å². The summed E-state index contributed by atoms with van der Waals surface area (Å²) in [7, 11) is 2.18. The monoisotopic (exact) mass is 241 g/mol. The maximum atomic E-state index is 4.33. The van der Waals surface area contributed by atoms with E-state index in [4.69, 9.17) is 0 Å². The fourth-order valence-electron chi connectivity index (χ4n) is 1.44. The predicted molar refractivity (Wildman–Crippen MR) is 72.1 cm³/mol. The standard InChI is InChI=1S/C12H23N3S/c1-5-13-12-14-8-11(16-12)9-15(4)7-6-10(2)3/h8,10H,5-7,9H2,1-4H3,(H,13,14). The maximum absolute atomic E-state index is 4.33. The second kappa shape index (κ2) is 6.86. The normalized spacial score (nSPS) is 11.4. The Morgan fingerprint density at radius 3 is 2.88 bits per heavy atom. The molecular formula is C12H23N3S. The average Bonchev–Trinajstić information content (AvgIpc) is 2.63. The zero-order valence-corrected chi connectivity index (χ0v) is 11.6. The predicted octanol–water partition coefficient (Wildman–Crippen LogP) is 3.05. The molecule has 0 unspecified atom stereocenters. The van der Waals surface area contributed by atoms with Crippen molar-refractivity contribution in [2.45, 2.75) is 33.7 Å². The van der Waals surface area contributed by atoms with Gasteiger partial charge >= 0.3 is 0 Å². The van der Waals surface area contributed by atoms with E-state index in [1.807, 2.05) is 6.20 Å². The highest BCUT2D eigenvalue weighted by Gasteiger charge is 2.05. The lowest BCUT2D eigenvalue weighted by molar-refractivity contribution is 0.306. The van der Waals surface area contributed by atoms with Gasteiger partial charge in [0.1, 0.15) is 0 Å². The van der Waals surface area contributed by atoms with Crippen LogP contribution in [0.1, 0.15) is 32.1 Å². The van der Waals surface area contributed by atoms with Crippen LogP contribution in [0.3, 0.4) is 0 Å². The van der Waals surface area contributed by atoms with E-state index in [9.17, 15) is 0 Å². The summed E-state index contributed by atoms with van der Waals surface area (Å²) in [6.07, 6.45) is 3.24. The number of hydrogen-bond donors (Lipinski definition) is 1. The third-order valence-corrected chi connectivity index (χ3v) is 3.34. The smallest absolute Gasteiger partial charge is 0.182 e. The summed E-state index contributed by atoms with van der Waals surface area (Å²) in [5.41, 5.74) is 0. The zero-order chi connectivity index (χ0) is 12.0. The van der Waals surface area contributed by atoms with Crippen LogP contribution in [-0.2, 0) is 6.54 Å². The van der Waals surface area contributed by atoms with E-state index >= 15 is 0 Å². The Bertz CT molecular complexity index is 296. The van der Waals surface area contributed by atoms with E-state index in [1.165, 1.54) is 11.3 Å². The molecule has 0 amide bonds. The van der Waals surface area contributed by atoms with Crippen molar-refractivity contribution in [3.8, 4) is 0 Å². The Morgan fingerprint density at radius 2 is 2.25 bits per heavy atom. The Labute approximate surface area is 103 Å². The molecule has 0 aromatic carbocycles. The molecule has 1 N–H and O–H groups in total. The molecule has 4 heteroatoms. The quantitative estimate of drug-likeness (QED) is 0.795. The van der Waals surface area contributed by atoms with Gasteiger partial charge < -0.3 is 10.2 Å². The van der Waals surface area contributed by atoms with Crippen molar-refractivity contribution in [1.82, 2.24) is 9.88 Å². The van der Waals surface area contributed by atoms with Crippen LogP contribution in [0.4, 0.5) is 5.13 Å². The topological polar surface area (TPSA) is 28.2 Å². The summed E-state index contributed by atoms with van der Waals surface area (Å²) in [6.45, 7) is 9.74. The molecule has 1 aromatic heterocycles. The molecule has 0 aliphatic carbocycles. The first-order valence-electron chi connectivity index (χ1n) is 5.99. The fourth-order valence-corrected chi connectivity index (χ4v) is 2.40. The summed E-state index contributed by atoms with van der Waals surface area (Å²) in [6, 6.07) is 0. The lowest BCUT2D eigenvalue weighted by Gasteiger charge is -2.16. The first-order chi connectivity index (χ1) is 7.61. The molecule has 1 rings (SSSR count). The van der Waals surface area contributed by atoms with Gasteiger partial charge in [0.05, 0.1) is 0 Å². The molecule has 0 fully saturated rings. The second-order valence-corrected chi connectivity index (χ2v) is 5.70. The summed E-state index contributed by atoms with van der Waals surface area (Å²) in [4.78, 5) is 8.03. The van der Waals surface area contributed by atoms with Crippen LogP contribution in [0.25, 0.3) is 0 Å². The van der Waals surface area contributed by atoms with E-state index < -0.39 is 0 Å². The van der Waals surface area contributed by atoms with E-state index in [1.54, 1.807) is 11.3 Å². The number of hydrogen-bond acceptors (Lipinski definition) is 4. The van der Waals surface area contributed by atoms with Crippen LogP contribution in [0.2, 0.25) is 0 Å². The van der Waals surface area contributed by atoms with Crippen LogP contribution in [0, 0.1) is 5.92 Å². The molecule has 0 radical (unpaired) electrons. The minimum Gasteiger partial charge on any atom is -0.362 e. The SMILES string of the molecule is CCNc1ncc(CN(C)CCC(C)C)s1. The Kier molecular flexibility index (Phi) is 5.77. The van der Waals surface area contributed by atoms with Gasteiger partial charge in [0.15, 0.2) is 5.13 Å². The van der Waals surface area contributed by atoms with Gasteiger partial charge in [0, 0.05) is 24.2 Å². The number of anilines is 1. The number of thiazole rings is 1. The van der Waals surface area contributed by atoms with Crippen molar-refractivity contribution < 1.29 is 0 Å². The Morgan fingerprint density at radius 1 is 1.50 bits per heavy atom. The van der Waals surface area contributed by atoms with Crippen molar-refractivity contribution in [1.29, 1.82) is 0 Å². The Hall–Kier alpha value is -0.610. The highest BCUT2D eigenvalue weighted by atomic mass is 32.1. The van der Waals surface area contributed by atoms with Crippen molar-refractivity contribution in [2.24, 2.45) is 5.92 Å². The molecule has 0 spiro atoms. The number of aromatic nitrogens is 1. The molecule has 0 bridgehead atoms. The number of nitrogens with one attached hydrogen (secondary N) is 1. The lowest BCUT2D eigenvalue weighted by Crippen LogP contribution is -2.19. The maximum Gasteiger partial charge on any atom is 0.182 e. The van der Waals surface area contributed by atoms with Gasteiger partial charge in [-0.1, -0.05) is 13.8 Å². The minimum atomic E-state index is 0.779. The Balaban J connectivity index is 2.34. The van der Waals surface area contributed by atoms with Crippen molar-refractivity contribution in [3.63, 3.8) is 0 Å². The molecule has 92 valence electrons. The van der Waals surface area contributed by atoms with Crippen LogP contribution in [0.15, 0.2) is 6.20 Å². The largest absolute Gasteiger partial charge is 0.362 e. The molecular weight excluding hydrogens is 218 g/mol. The van der Waals surface area contributed by atoms with Gasteiger partial charge in [-0.25, -0.2) is 4.98 Å². The van der Waals surface area contributed by atoms with Crippen LogP contribution >= 0.6 is 11.3 Å². The van der Waals surface area contributed by atoms with Gasteiger partial charge in [-0.05, 0) is 32.9 Å². The van der Waals surface area contributed by atoms with Crippen molar-refractivity contribution in [3.05, 3.63) is 11.1 Å². The van der Waals surface area contributed by atoms with E-state index in [-0.39, 0.29) is 0 Å². The minimum absolute atomic E-state index is 0.779. The summed E-state index contributed by atoms with van der Waals surface area (Å²) >= 11 is 1.76. The summed E-state index contributed by atoms with van der Waals surface area (Å²) in [5, 5.41) is 4.28. The first-order valence-corrected chi connectivity index (χ1v) is 6.80. The lowest BCUT2D eigenvalue weighted by atomic mass is 10.1. The molecule has 0 aliphatic rings. The third-order valence-electron chi connectivity index (χ3n) is 2.40. The zero-order valence-electron chi connectivity index (χ0n) is 10.8. The van der Waals surface area contributed by atoms with E-state index in [0.717, 1.165) is 30.7 Å². The molecule has 0 aliphatic heterocycles. The van der Waals surface area contributed by atoms with Crippen molar-refractivity contribution in [2.75, 3.05) is 25.5 Å². The van der Waals surface area contributed by atoms with Gasteiger partial charge in [0.2, 0.25) is 0 Å². The first kappa shape index (κ1) is 13.5. The van der Waals surface area contributed by atoms with Gasteiger partial charge in [-0.2, -0.15) is 0 Å². The second-order valence-electron chi connectivity index (χ2n) is 4.58. The van der Waals surface area contributed by atoms with Gasteiger partial charge in [-0.3, -0.25) is 0 Å². The highest BCUT2D eigenvalue weighted by Crippen LogP contribution is 2.19. The van der Waals surface area contributed by atoms with Crippen LogP contribution < -0.4 is 5.32 Å². The molecule has 0 saturated carbocycles. The molecule has 16 heavy (non-hydrogen) atoms. The number of nitrogens with zero attached hydrogens (tertiary/aromatic N) is 2. The average molecular weight is 241 g/mol. The van der Waals surface area contributed by atoms with Gasteiger partial charge in [-0.15, -0.1) is 11.3 Å².